The number of rotatable bonds is 0. The summed E-state index contributed by atoms with van der Waals surface area (Å²) in [7, 11) is 0. The average Bonchev–Trinajstić information content (AvgIpc) is 2.30. The van der Waals surface area contributed by atoms with Gasteiger partial charge in [-0.1, -0.05) is 63.1 Å². The molecule has 0 amide bonds. The SMILES string of the molecule is Brc1c2ccccc2[c-]c2ccccc12.[Li+]. The van der Waals surface area contributed by atoms with Crippen LogP contribution < -0.4 is 18.9 Å². The first-order valence-electron chi connectivity index (χ1n) is 4.84. The Morgan fingerprint density at radius 2 is 1.19 bits per heavy atom. The maximum absolute atomic E-state index is 3.66. The van der Waals surface area contributed by atoms with Crippen molar-refractivity contribution < 1.29 is 18.9 Å². The zero-order valence-electron chi connectivity index (χ0n) is 9.00. The van der Waals surface area contributed by atoms with E-state index < -0.39 is 0 Å². The van der Waals surface area contributed by atoms with Crippen LogP contribution in [0.25, 0.3) is 21.5 Å². The predicted molar refractivity (Wildman–Crippen MR) is 68.0 cm³/mol. The molecule has 0 aromatic heterocycles. The van der Waals surface area contributed by atoms with Gasteiger partial charge in [0.1, 0.15) is 0 Å². The van der Waals surface area contributed by atoms with Gasteiger partial charge < -0.3 is 0 Å². The van der Waals surface area contributed by atoms with Crippen LogP contribution >= 0.6 is 15.9 Å². The van der Waals surface area contributed by atoms with Gasteiger partial charge in [0.05, 0.1) is 0 Å². The largest absolute Gasteiger partial charge is 1.00 e. The van der Waals surface area contributed by atoms with Crippen LogP contribution in [0.2, 0.25) is 0 Å². The Hall–Kier alpha value is -0.743. The summed E-state index contributed by atoms with van der Waals surface area (Å²) >= 11 is 3.66. The molecule has 0 N–H and O–H groups in total. The molecule has 0 aliphatic carbocycles. The fourth-order valence-corrected chi connectivity index (χ4v) is 2.55. The first-order chi connectivity index (χ1) is 7.36. The summed E-state index contributed by atoms with van der Waals surface area (Å²) in [6.45, 7) is 0. The molecule has 3 aromatic carbocycles. The molecule has 2 heteroatoms. The molecule has 72 valence electrons. The Balaban J connectivity index is 0.000000963. The van der Waals surface area contributed by atoms with E-state index in [1.165, 1.54) is 10.8 Å². The van der Waals surface area contributed by atoms with Crippen molar-refractivity contribution in [1.29, 1.82) is 0 Å². The zero-order chi connectivity index (χ0) is 10.3. The van der Waals surface area contributed by atoms with Crippen LogP contribution in [0, 0.1) is 6.07 Å². The Morgan fingerprint density at radius 1 is 0.750 bits per heavy atom. The molecule has 0 saturated heterocycles. The van der Waals surface area contributed by atoms with Crippen molar-refractivity contribution in [1.82, 2.24) is 0 Å². The normalized spacial score (nSPS) is 10.3. The molecule has 0 spiro atoms. The van der Waals surface area contributed by atoms with Crippen molar-refractivity contribution in [3.05, 3.63) is 59.1 Å². The topological polar surface area (TPSA) is 0 Å². The fourth-order valence-electron chi connectivity index (χ4n) is 1.86. The third kappa shape index (κ3) is 1.80. The zero-order valence-corrected chi connectivity index (χ0v) is 10.6. The van der Waals surface area contributed by atoms with Crippen LogP contribution in [0.1, 0.15) is 0 Å². The molecular weight excluding hydrogens is 255 g/mol. The Morgan fingerprint density at radius 3 is 1.69 bits per heavy atom. The molecule has 0 nitrogen and oxygen atoms in total. The van der Waals surface area contributed by atoms with Crippen molar-refractivity contribution >= 4 is 37.5 Å². The molecule has 16 heavy (non-hydrogen) atoms. The predicted octanol–water partition coefficient (Wildman–Crippen LogP) is 1.56. The molecule has 0 radical (unpaired) electrons. The Labute approximate surface area is 115 Å². The first kappa shape index (κ1) is 11.7. The van der Waals surface area contributed by atoms with E-state index >= 15 is 0 Å². The van der Waals surface area contributed by atoms with Gasteiger partial charge in [0.15, 0.2) is 0 Å². The summed E-state index contributed by atoms with van der Waals surface area (Å²) in [6.07, 6.45) is 0. The molecule has 0 saturated carbocycles. The van der Waals surface area contributed by atoms with Crippen molar-refractivity contribution in [3.8, 4) is 0 Å². The van der Waals surface area contributed by atoms with E-state index in [4.69, 9.17) is 0 Å². The van der Waals surface area contributed by atoms with Crippen molar-refractivity contribution in [2.45, 2.75) is 0 Å². The second-order valence-corrected chi connectivity index (χ2v) is 4.32. The van der Waals surface area contributed by atoms with E-state index in [-0.39, 0.29) is 18.9 Å². The number of fused-ring (bicyclic) bond motifs is 2. The number of benzene rings is 3. The number of halogens is 1. The summed E-state index contributed by atoms with van der Waals surface area (Å²) in [6, 6.07) is 20.0. The van der Waals surface area contributed by atoms with Gasteiger partial charge in [-0.3, -0.25) is 0 Å². The van der Waals surface area contributed by atoms with E-state index in [9.17, 15) is 0 Å². The van der Waals surface area contributed by atoms with Crippen molar-refractivity contribution in [3.63, 3.8) is 0 Å². The van der Waals surface area contributed by atoms with Crippen LogP contribution in [0.5, 0.6) is 0 Å². The third-order valence-corrected chi connectivity index (χ3v) is 3.45. The summed E-state index contributed by atoms with van der Waals surface area (Å²) in [5, 5.41) is 4.75. The summed E-state index contributed by atoms with van der Waals surface area (Å²) in [4.78, 5) is 0. The standard InChI is InChI=1S/C14H8Br.Li/c15-14-12-7-3-1-5-10(12)9-11-6-2-4-8-13(11)14;/h1-8H;/q-1;+1. The molecule has 0 atom stereocenters. The van der Waals surface area contributed by atoms with Crippen molar-refractivity contribution in [2.24, 2.45) is 0 Å². The van der Waals surface area contributed by atoms with Gasteiger partial charge >= 0.3 is 18.9 Å². The molecule has 0 unspecified atom stereocenters. The van der Waals surface area contributed by atoms with E-state index in [2.05, 4.69) is 58.4 Å². The van der Waals surface area contributed by atoms with Gasteiger partial charge in [-0.15, -0.1) is 29.0 Å². The molecular formula is C14H8BrLi. The molecule has 3 aromatic rings. The monoisotopic (exact) mass is 262 g/mol. The summed E-state index contributed by atoms with van der Waals surface area (Å²) in [5.74, 6) is 0. The number of hydrogen-bond acceptors (Lipinski definition) is 0. The van der Waals surface area contributed by atoms with E-state index in [0.717, 1.165) is 15.2 Å². The second kappa shape index (κ2) is 4.63. The number of hydrogen-bond donors (Lipinski definition) is 0. The van der Waals surface area contributed by atoms with Gasteiger partial charge in [0, 0.05) is 0 Å². The third-order valence-electron chi connectivity index (χ3n) is 2.60. The van der Waals surface area contributed by atoms with Crippen LogP contribution in [-0.4, -0.2) is 0 Å². The van der Waals surface area contributed by atoms with Crippen LogP contribution in [0.4, 0.5) is 0 Å². The van der Waals surface area contributed by atoms with Crippen LogP contribution in [0.3, 0.4) is 0 Å². The van der Waals surface area contributed by atoms with Gasteiger partial charge in [-0.05, 0) is 4.47 Å². The minimum atomic E-state index is 0. The van der Waals surface area contributed by atoms with E-state index in [1.807, 2.05) is 12.1 Å². The molecule has 0 aliphatic rings. The maximum Gasteiger partial charge on any atom is 1.00 e. The summed E-state index contributed by atoms with van der Waals surface area (Å²) < 4.78 is 1.16. The Bertz CT molecular complexity index is 592. The maximum atomic E-state index is 3.66. The van der Waals surface area contributed by atoms with Crippen LogP contribution in [0.15, 0.2) is 53.0 Å². The second-order valence-electron chi connectivity index (χ2n) is 3.53. The van der Waals surface area contributed by atoms with Gasteiger partial charge in [-0.25, -0.2) is 0 Å². The molecule has 0 aliphatic heterocycles. The van der Waals surface area contributed by atoms with Gasteiger partial charge in [0.2, 0.25) is 0 Å². The van der Waals surface area contributed by atoms with E-state index in [0.29, 0.717) is 0 Å². The van der Waals surface area contributed by atoms with Gasteiger partial charge in [-0.2, -0.15) is 0 Å². The first-order valence-corrected chi connectivity index (χ1v) is 5.64. The molecule has 3 rings (SSSR count). The molecule has 0 heterocycles. The summed E-state index contributed by atoms with van der Waals surface area (Å²) in [5.41, 5.74) is 0. The van der Waals surface area contributed by atoms with Crippen molar-refractivity contribution in [2.75, 3.05) is 0 Å². The van der Waals surface area contributed by atoms with Crippen LogP contribution in [-0.2, 0) is 0 Å². The smallest absolute Gasteiger partial charge is 0.118 e. The molecule has 0 bridgehead atoms. The Kier molecular flexibility index (Phi) is 3.40. The fraction of sp³-hybridized carbons (Fsp3) is 0. The van der Waals surface area contributed by atoms with E-state index in [1.54, 1.807) is 0 Å². The minimum Gasteiger partial charge on any atom is -0.118 e. The minimum absolute atomic E-state index is 0. The van der Waals surface area contributed by atoms with Gasteiger partial charge in [0.25, 0.3) is 0 Å². The molecule has 0 fully saturated rings. The quantitative estimate of drug-likeness (QED) is 0.328. The average molecular weight is 263 g/mol.